The minimum Gasteiger partial charge on any atom is -0.379 e. The van der Waals surface area contributed by atoms with Crippen molar-refractivity contribution >= 4 is 34.5 Å². The molecule has 1 nitrogen and oxygen atoms in total. The minimum atomic E-state index is -4.71. The van der Waals surface area contributed by atoms with E-state index in [1.807, 2.05) is 0 Å². The fourth-order valence-electron chi connectivity index (χ4n) is 0.716. The van der Waals surface area contributed by atoms with Crippen LogP contribution in [0.15, 0.2) is 6.07 Å². The van der Waals surface area contributed by atoms with Crippen molar-refractivity contribution < 1.29 is 18.3 Å². The molecule has 1 unspecified atom stereocenters. The van der Waals surface area contributed by atoms with Gasteiger partial charge in [-0.15, -0.1) is 11.3 Å². The van der Waals surface area contributed by atoms with Crippen molar-refractivity contribution in [1.82, 2.24) is 0 Å². The summed E-state index contributed by atoms with van der Waals surface area (Å²) in [5.41, 5.74) is -0.399. The second-order valence-electron chi connectivity index (χ2n) is 2.22. The number of aliphatic hydroxyl groups is 1. The van der Waals surface area contributed by atoms with Crippen molar-refractivity contribution in [3.05, 3.63) is 20.3 Å². The summed E-state index contributed by atoms with van der Waals surface area (Å²) >= 11 is 11.6. The van der Waals surface area contributed by atoms with E-state index in [0.29, 0.717) is 0 Å². The number of thiophene rings is 1. The van der Waals surface area contributed by atoms with Crippen molar-refractivity contribution in [2.75, 3.05) is 0 Å². The maximum atomic E-state index is 12.0. The summed E-state index contributed by atoms with van der Waals surface area (Å²) in [5, 5.41) is 8.79. The van der Waals surface area contributed by atoms with Gasteiger partial charge in [0.15, 0.2) is 6.10 Å². The molecule has 1 aromatic rings. The lowest BCUT2D eigenvalue weighted by molar-refractivity contribution is -0.206. The van der Waals surface area contributed by atoms with Gasteiger partial charge in [-0.3, -0.25) is 0 Å². The van der Waals surface area contributed by atoms with Crippen LogP contribution in [-0.4, -0.2) is 11.3 Å². The zero-order chi connectivity index (χ0) is 10.2. The number of aliphatic hydroxyl groups excluding tert-OH is 1. The van der Waals surface area contributed by atoms with Crippen molar-refractivity contribution in [3.8, 4) is 0 Å². The Kier molecular flexibility index (Phi) is 3.12. The number of alkyl halides is 3. The van der Waals surface area contributed by atoms with Crippen LogP contribution in [0.2, 0.25) is 8.67 Å². The Labute approximate surface area is 85.7 Å². The molecule has 0 aliphatic heterocycles. The molecule has 0 saturated heterocycles. The van der Waals surface area contributed by atoms with E-state index in [2.05, 4.69) is 0 Å². The molecule has 1 atom stereocenters. The number of hydrogen-bond donors (Lipinski definition) is 1. The molecule has 1 aromatic heterocycles. The van der Waals surface area contributed by atoms with Gasteiger partial charge in [-0.25, -0.2) is 0 Å². The van der Waals surface area contributed by atoms with Crippen LogP contribution in [0.4, 0.5) is 13.2 Å². The molecule has 0 saturated carbocycles. The summed E-state index contributed by atoms with van der Waals surface area (Å²) < 4.78 is 35.9. The summed E-state index contributed by atoms with van der Waals surface area (Å²) in [6.45, 7) is 0. The average Bonchev–Trinajstić information content (AvgIpc) is 2.26. The third kappa shape index (κ3) is 2.49. The van der Waals surface area contributed by atoms with Crippen LogP contribution >= 0.6 is 34.5 Å². The van der Waals surface area contributed by atoms with Crippen LogP contribution in [-0.2, 0) is 0 Å². The van der Waals surface area contributed by atoms with Crippen LogP contribution in [0.3, 0.4) is 0 Å². The number of rotatable bonds is 1. The first kappa shape index (κ1) is 11.1. The molecule has 0 aromatic carbocycles. The highest BCUT2D eigenvalue weighted by atomic mass is 35.5. The Morgan fingerprint density at radius 2 is 1.92 bits per heavy atom. The SMILES string of the molecule is OC(c1cc(Cl)sc1Cl)C(F)(F)F. The van der Waals surface area contributed by atoms with Crippen LogP contribution < -0.4 is 0 Å². The fraction of sp³-hybridized carbons (Fsp3) is 0.333. The molecule has 1 N–H and O–H groups in total. The van der Waals surface area contributed by atoms with E-state index in [1.54, 1.807) is 0 Å². The maximum Gasteiger partial charge on any atom is 0.418 e. The van der Waals surface area contributed by atoms with Gasteiger partial charge in [0, 0.05) is 5.56 Å². The van der Waals surface area contributed by atoms with Gasteiger partial charge in [-0.2, -0.15) is 13.2 Å². The Hall–Kier alpha value is 0.0300. The molecule has 0 amide bonds. The molecule has 1 rings (SSSR count). The van der Waals surface area contributed by atoms with Crippen LogP contribution in [0.1, 0.15) is 11.7 Å². The van der Waals surface area contributed by atoms with E-state index in [4.69, 9.17) is 28.3 Å². The molecule has 1 heterocycles. The standard InChI is InChI=1S/C6H3Cl2F3OS/c7-3-1-2(5(8)13-3)4(12)6(9,10)11/h1,4,12H. The van der Waals surface area contributed by atoms with Crippen LogP contribution in [0.5, 0.6) is 0 Å². The Balaban J connectivity index is 3.01. The lowest BCUT2D eigenvalue weighted by Crippen LogP contribution is -2.19. The number of hydrogen-bond acceptors (Lipinski definition) is 2. The molecule has 0 bridgehead atoms. The first-order valence-electron chi connectivity index (χ1n) is 3.02. The first-order chi connectivity index (χ1) is 5.82. The van der Waals surface area contributed by atoms with Gasteiger partial charge < -0.3 is 5.11 Å². The van der Waals surface area contributed by atoms with Gasteiger partial charge in [0.1, 0.15) is 4.34 Å². The monoisotopic (exact) mass is 250 g/mol. The van der Waals surface area contributed by atoms with Crippen LogP contribution in [0.25, 0.3) is 0 Å². The molecule has 13 heavy (non-hydrogen) atoms. The second-order valence-corrected chi connectivity index (χ2v) is 4.51. The van der Waals surface area contributed by atoms with Crippen molar-refractivity contribution in [3.63, 3.8) is 0 Å². The van der Waals surface area contributed by atoms with E-state index in [9.17, 15) is 13.2 Å². The summed E-state index contributed by atoms with van der Waals surface area (Å²) in [5.74, 6) is 0. The fourth-order valence-corrected chi connectivity index (χ4v) is 2.24. The van der Waals surface area contributed by atoms with E-state index in [1.165, 1.54) is 0 Å². The Bertz CT molecular complexity index is 309. The third-order valence-corrected chi connectivity index (χ3v) is 2.81. The average molecular weight is 251 g/mol. The topological polar surface area (TPSA) is 20.2 Å². The summed E-state index contributed by atoms with van der Waals surface area (Å²) in [4.78, 5) is 0. The maximum absolute atomic E-state index is 12.0. The minimum absolute atomic E-state index is 0.114. The first-order valence-corrected chi connectivity index (χ1v) is 4.59. The highest BCUT2D eigenvalue weighted by molar-refractivity contribution is 7.20. The van der Waals surface area contributed by atoms with Gasteiger partial charge in [0.25, 0.3) is 0 Å². The quantitative estimate of drug-likeness (QED) is 0.807. The van der Waals surface area contributed by atoms with E-state index < -0.39 is 17.8 Å². The second kappa shape index (κ2) is 3.65. The van der Waals surface area contributed by atoms with Crippen molar-refractivity contribution in [2.45, 2.75) is 12.3 Å². The summed E-state index contributed by atoms with van der Waals surface area (Å²) in [6.07, 6.45) is -7.28. The van der Waals surface area contributed by atoms with Gasteiger partial charge in [0.05, 0.1) is 4.34 Å². The van der Waals surface area contributed by atoms with Crippen LogP contribution in [0, 0.1) is 0 Å². The molecule has 0 spiro atoms. The largest absolute Gasteiger partial charge is 0.418 e. The van der Waals surface area contributed by atoms with E-state index in [0.717, 1.165) is 17.4 Å². The smallest absolute Gasteiger partial charge is 0.379 e. The molecule has 0 fully saturated rings. The van der Waals surface area contributed by atoms with E-state index >= 15 is 0 Å². The number of halogens is 5. The molecule has 74 valence electrons. The Morgan fingerprint density at radius 1 is 1.38 bits per heavy atom. The molecule has 0 aliphatic carbocycles. The highest BCUT2D eigenvalue weighted by Crippen LogP contribution is 2.41. The summed E-state index contributed by atoms with van der Waals surface area (Å²) in [7, 11) is 0. The third-order valence-electron chi connectivity index (χ3n) is 1.29. The molecule has 7 heteroatoms. The zero-order valence-corrected chi connectivity index (χ0v) is 8.23. The molecule has 0 aliphatic rings. The lowest BCUT2D eigenvalue weighted by atomic mass is 10.2. The molecular formula is C6H3Cl2F3OS. The van der Waals surface area contributed by atoms with Gasteiger partial charge >= 0.3 is 6.18 Å². The van der Waals surface area contributed by atoms with Gasteiger partial charge in [0.2, 0.25) is 0 Å². The molecule has 0 radical (unpaired) electrons. The van der Waals surface area contributed by atoms with E-state index in [-0.39, 0.29) is 8.67 Å². The molecular weight excluding hydrogens is 248 g/mol. The van der Waals surface area contributed by atoms with Crippen molar-refractivity contribution in [1.29, 1.82) is 0 Å². The Morgan fingerprint density at radius 3 is 2.23 bits per heavy atom. The predicted octanol–water partition coefficient (Wildman–Crippen LogP) is 3.65. The normalized spacial score (nSPS) is 14.6. The zero-order valence-electron chi connectivity index (χ0n) is 5.90. The lowest BCUT2D eigenvalue weighted by Gasteiger charge is -2.13. The van der Waals surface area contributed by atoms with Gasteiger partial charge in [-0.05, 0) is 6.07 Å². The highest BCUT2D eigenvalue weighted by Gasteiger charge is 2.41. The summed E-state index contributed by atoms with van der Waals surface area (Å²) in [6, 6.07) is 1.01. The van der Waals surface area contributed by atoms with Crippen molar-refractivity contribution in [2.24, 2.45) is 0 Å². The predicted molar refractivity (Wildman–Crippen MR) is 45.4 cm³/mol. The van der Waals surface area contributed by atoms with Gasteiger partial charge in [-0.1, -0.05) is 23.2 Å².